The lowest BCUT2D eigenvalue weighted by atomic mass is 9.81. The number of rotatable bonds is 1. The molecule has 3 unspecified atom stereocenters. The van der Waals surface area contributed by atoms with Gasteiger partial charge in [0.2, 0.25) is 5.91 Å². The van der Waals surface area contributed by atoms with Gasteiger partial charge in [-0.1, -0.05) is 6.42 Å². The molecule has 3 rings (SSSR count). The molecular weight excluding hydrogens is 248 g/mol. The minimum Gasteiger partial charge on any atom is -0.342 e. The van der Waals surface area contributed by atoms with Crippen molar-refractivity contribution in [2.75, 3.05) is 26.2 Å². The molecule has 0 aromatic rings. The van der Waals surface area contributed by atoms with Crippen LogP contribution in [-0.4, -0.2) is 37.0 Å². The largest absolute Gasteiger partial charge is 0.342 e. The summed E-state index contributed by atoms with van der Waals surface area (Å²) in [6.45, 7) is 6.18. The summed E-state index contributed by atoms with van der Waals surface area (Å²) in [6, 6.07) is 0. The molecule has 1 amide bonds. The number of hydrogen-bond donors (Lipinski definition) is 1. The maximum atomic E-state index is 12.6. The first-order valence-electron chi connectivity index (χ1n) is 7.19. The predicted octanol–water partition coefficient (Wildman–Crippen LogP) is 2.06. The molecule has 104 valence electrons. The number of nitrogens with zero attached hydrogens (tertiary/aromatic N) is 1. The molecule has 4 heteroatoms. The maximum absolute atomic E-state index is 12.6. The van der Waals surface area contributed by atoms with Crippen molar-refractivity contribution in [3.8, 4) is 0 Å². The van der Waals surface area contributed by atoms with Crippen LogP contribution in [0.3, 0.4) is 0 Å². The van der Waals surface area contributed by atoms with Gasteiger partial charge in [-0.15, -0.1) is 12.4 Å². The van der Waals surface area contributed by atoms with E-state index in [1.54, 1.807) is 0 Å². The summed E-state index contributed by atoms with van der Waals surface area (Å²) in [5.41, 5.74) is -0.128. The average Bonchev–Trinajstić information content (AvgIpc) is 2.89. The fourth-order valence-corrected chi connectivity index (χ4v) is 4.02. The van der Waals surface area contributed by atoms with Gasteiger partial charge in [-0.25, -0.2) is 0 Å². The van der Waals surface area contributed by atoms with Crippen LogP contribution in [-0.2, 0) is 4.79 Å². The van der Waals surface area contributed by atoms with E-state index in [9.17, 15) is 4.79 Å². The Morgan fingerprint density at radius 2 is 1.89 bits per heavy atom. The number of carbonyl (C=O) groups is 1. The first-order chi connectivity index (χ1) is 8.19. The highest BCUT2D eigenvalue weighted by molar-refractivity contribution is 5.85. The summed E-state index contributed by atoms with van der Waals surface area (Å²) in [6.07, 6.45) is 6.29. The van der Waals surface area contributed by atoms with E-state index in [0.29, 0.717) is 5.91 Å². The lowest BCUT2D eigenvalue weighted by Gasteiger charge is -2.36. The van der Waals surface area contributed by atoms with Gasteiger partial charge < -0.3 is 10.2 Å². The van der Waals surface area contributed by atoms with Crippen LogP contribution >= 0.6 is 12.4 Å². The molecule has 2 heterocycles. The first kappa shape index (κ1) is 14.1. The number of likely N-dealkylation sites (tertiary alicyclic amines) is 1. The molecule has 0 radical (unpaired) electrons. The summed E-state index contributed by atoms with van der Waals surface area (Å²) in [5, 5.41) is 3.38. The van der Waals surface area contributed by atoms with Gasteiger partial charge in [0.05, 0.1) is 5.41 Å². The molecule has 2 aliphatic heterocycles. The highest BCUT2D eigenvalue weighted by atomic mass is 35.5. The van der Waals surface area contributed by atoms with Crippen LogP contribution in [0.5, 0.6) is 0 Å². The molecule has 18 heavy (non-hydrogen) atoms. The Morgan fingerprint density at radius 3 is 2.44 bits per heavy atom. The molecule has 3 atom stereocenters. The van der Waals surface area contributed by atoms with Crippen LogP contribution in [0, 0.1) is 17.3 Å². The first-order valence-corrected chi connectivity index (χ1v) is 7.19. The molecule has 1 aliphatic carbocycles. The summed E-state index contributed by atoms with van der Waals surface area (Å²) >= 11 is 0. The molecule has 3 fully saturated rings. The van der Waals surface area contributed by atoms with Crippen molar-refractivity contribution in [1.82, 2.24) is 10.2 Å². The molecule has 0 aromatic carbocycles. The number of carbonyl (C=O) groups excluding carboxylic acids is 1. The Morgan fingerprint density at radius 1 is 1.22 bits per heavy atom. The van der Waals surface area contributed by atoms with Gasteiger partial charge in [-0.3, -0.25) is 4.79 Å². The lowest BCUT2D eigenvalue weighted by molar-refractivity contribution is -0.141. The van der Waals surface area contributed by atoms with Crippen LogP contribution in [0.4, 0.5) is 0 Å². The quantitative estimate of drug-likeness (QED) is 0.793. The number of amides is 1. The van der Waals surface area contributed by atoms with E-state index in [0.717, 1.165) is 50.9 Å². The van der Waals surface area contributed by atoms with Crippen molar-refractivity contribution < 1.29 is 4.79 Å². The Bertz CT molecular complexity index is 303. The zero-order valence-electron chi connectivity index (χ0n) is 11.3. The van der Waals surface area contributed by atoms with E-state index in [4.69, 9.17) is 0 Å². The summed E-state index contributed by atoms with van der Waals surface area (Å²) in [7, 11) is 0. The number of fused-ring (bicyclic) bond motifs is 1. The van der Waals surface area contributed by atoms with Crippen molar-refractivity contribution in [1.29, 1.82) is 0 Å². The van der Waals surface area contributed by atoms with Crippen molar-refractivity contribution in [3.63, 3.8) is 0 Å². The Balaban J connectivity index is 0.00000120. The Labute approximate surface area is 116 Å². The standard InChI is InChI=1S/C14H24N2O.ClH/c1-14(6-3-7-15-10-14)13(17)16-8-11-4-2-5-12(11)9-16;/h11-12,15H,2-10H2,1H3;1H. The van der Waals surface area contributed by atoms with Gasteiger partial charge in [0.1, 0.15) is 0 Å². The number of nitrogens with one attached hydrogen (secondary N) is 1. The van der Waals surface area contributed by atoms with Gasteiger partial charge in [0.15, 0.2) is 0 Å². The lowest BCUT2D eigenvalue weighted by Crippen LogP contribution is -2.49. The smallest absolute Gasteiger partial charge is 0.229 e. The van der Waals surface area contributed by atoms with Crippen LogP contribution in [0.2, 0.25) is 0 Å². The molecule has 2 saturated heterocycles. The third-order valence-corrected chi connectivity index (χ3v) is 5.13. The summed E-state index contributed by atoms with van der Waals surface area (Å²) in [5.74, 6) is 2.05. The SMILES string of the molecule is CC1(C(=O)N2CC3CCCC3C2)CCCNC1.Cl. The second-order valence-electron chi connectivity index (χ2n) is 6.50. The molecule has 3 nitrogen and oxygen atoms in total. The van der Waals surface area contributed by atoms with Gasteiger partial charge >= 0.3 is 0 Å². The number of halogens is 1. The highest BCUT2D eigenvalue weighted by Crippen LogP contribution is 2.40. The van der Waals surface area contributed by atoms with Crippen molar-refractivity contribution in [2.45, 2.75) is 39.0 Å². The van der Waals surface area contributed by atoms with Gasteiger partial charge in [-0.2, -0.15) is 0 Å². The fourth-order valence-electron chi connectivity index (χ4n) is 4.02. The monoisotopic (exact) mass is 272 g/mol. The van der Waals surface area contributed by atoms with Crippen molar-refractivity contribution in [3.05, 3.63) is 0 Å². The second-order valence-corrected chi connectivity index (χ2v) is 6.50. The third-order valence-electron chi connectivity index (χ3n) is 5.13. The minimum atomic E-state index is -0.128. The number of hydrogen-bond acceptors (Lipinski definition) is 2. The van der Waals surface area contributed by atoms with Crippen LogP contribution in [0.15, 0.2) is 0 Å². The topological polar surface area (TPSA) is 32.3 Å². The Kier molecular flexibility index (Phi) is 4.22. The molecule has 3 aliphatic rings. The predicted molar refractivity (Wildman–Crippen MR) is 74.9 cm³/mol. The minimum absolute atomic E-state index is 0. The summed E-state index contributed by atoms with van der Waals surface area (Å²) in [4.78, 5) is 14.8. The number of piperidine rings is 1. The molecule has 0 bridgehead atoms. The molecular formula is C14H25ClN2O. The van der Waals surface area contributed by atoms with E-state index in [2.05, 4.69) is 17.1 Å². The Hall–Kier alpha value is -0.280. The van der Waals surface area contributed by atoms with Crippen LogP contribution < -0.4 is 5.32 Å². The van der Waals surface area contributed by atoms with Crippen molar-refractivity contribution >= 4 is 18.3 Å². The van der Waals surface area contributed by atoms with E-state index in [-0.39, 0.29) is 17.8 Å². The van der Waals surface area contributed by atoms with Crippen LogP contribution in [0.25, 0.3) is 0 Å². The highest BCUT2D eigenvalue weighted by Gasteiger charge is 2.44. The second kappa shape index (κ2) is 5.38. The fraction of sp³-hybridized carbons (Fsp3) is 0.929. The van der Waals surface area contributed by atoms with Gasteiger partial charge in [0.25, 0.3) is 0 Å². The van der Waals surface area contributed by atoms with E-state index < -0.39 is 0 Å². The zero-order chi connectivity index (χ0) is 11.9. The van der Waals surface area contributed by atoms with Gasteiger partial charge in [-0.05, 0) is 51.0 Å². The molecule has 1 saturated carbocycles. The maximum Gasteiger partial charge on any atom is 0.229 e. The summed E-state index contributed by atoms with van der Waals surface area (Å²) < 4.78 is 0. The van der Waals surface area contributed by atoms with E-state index >= 15 is 0 Å². The molecule has 0 spiro atoms. The van der Waals surface area contributed by atoms with Crippen LogP contribution in [0.1, 0.15) is 39.0 Å². The average molecular weight is 273 g/mol. The third kappa shape index (κ3) is 2.39. The normalized spacial score (nSPS) is 39.3. The van der Waals surface area contributed by atoms with E-state index in [1.807, 2.05) is 0 Å². The molecule has 0 aromatic heterocycles. The van der Waals surface area contributed by atoms with Crippen molar-refractivity contribution in [2.24, 2.45) is 17.3 Å². The van der Waals surface area contributed by atoms with Gasteiger partial charge in [0, 0.05) is 19.6 Å². The van der Waals surface area contributed by atoms with E-state index in [1.165, 1.54) is 19.3 Å². The zero-order valence-corrected chi connectivity index (χ0v) is 12.1. The molecule has 1 N–H and O–H groups in total.